The van der Waals surface area contributed by atoms with Crippen molar-refractivity contribution in [1.82, 2.24) is 0 Å². The smallest absolute Gasteiger partial charge is 0.0796 e. The van der Waals surface area contributed by atoms with Gasteiger partial charge in [-0.2, -0.15) is 0 Å². The van der Waals surface area contributed by atoms with Gasteiger partial charge >= 0.3 is 0 Å². The molecule has 0 aromatic heterocycles. The largest absolute Gasteiger partial charge is 0.388 e. The summed E-state index contributed by atoms with van der Waals surface area (Å²) in [5, 5.41) is 12.7. The van der Waals surface area contributed by atoms with Gasteiger partial charge in [-0.05, 0) is 28.8 Å². The zero-order valence-electron chi connectivity index (χ0n) is 11.4. The summed E-state index contributed by atoms with van der Waals surface area (Å²) in [6.45, 7) is 2.21. The fourth-order valence-corrected chi connectivity index (χ4v) is 2.97. The predicted molar refractivity (Wildman–Crippen MR) is 85.4 cm³/mol. The third kappa shape index (κ3) is 3.58. The maximum atomic E-state index is 10.4. The normalized spacial score (nSPS) is 12.8. The summed E-state index contributed by atoms with van der Waals surface area (Å²) < 4.78 is 1.09. The van der Waals surface area contributed by atoms with Gasteiger partial charge in [-0.15, -0.1) is 0 Å². The third-order valence-electron chi connectivity index (χ3n) is 3.59. The highest BCUT2D eigenvalue weighted by Crippen LogP contribution is 2.32. The number of rotatable bonds is 6. The molecule has 2 aromatic rings. The molecule has 0 saturated heterocycles. The van der Waals surface area contributed by atoms with Gasteiger partial charge in [0, 0.05) is 4.47 Å². The van der Waals surface area contributed by atoms with Gasteiger partial charge in [-0.1, -0.05) is 78.9 Å². The van der Waals surface area contributed by atoms with Crippen molar-refractivity contribution in [1.29, 1.82) is 0 Å². The Kier molecular flexibility index (Phi) is 5.41. The molecule has 0 fully saturated rings. The maximum Gasteiger partial charge on any atom is 0.0796 e. The first-order chi connectivity index (χ1) is 9.24. The second kappa shape index (κ2) is 7.06. The third-order valence-corrected chi connectivity index (χ3v) is 4.29. The van der Waals surface area contributed by atoms with Crippen LogP contribution in [0.4, 0.5) is 0 Å². The predicted octanol–water partition coefficient (Wildman–Crippen LogP) is 5.61. The lowest BCUT2D eigenvalue weighted by atomic mass is 9.97. The number of aliphatic hydroxyl groups is 1. The van der Waals surface area contributed by atoms with E-state index in [1.165, 1.54) is 24.6 Å². The number of hydrogen-bond donors (Lipinski definition) is 1. The van der Waals surface area contributed by atoms with E-state index in [0.717, 1.165) is 28.3 Å². The maximum absolute atomic E-state index is 10.4. The standard InChI is InChI=1S/C17H21BrO/c1-2-3-4-5-10-17(19)15-11-12-16(18)14-9-7-6-8-13(14)15/h6-9,11-12,17,19H,2-5,10H2,1H3. The number of benzene rings is 2. The number of hydrogen-bond acceptors (Lipinski definition) is 1. The van der Waals surface area contributed by atoms with Crippen LogP contribution in [0.25, 0.3) is 10.8 Å². The Balaban J connectivity index is 2.18. The molecular formula is C17H21BrO. The number of fused-ring (bicyclic) bond motifs is 1. The minimum atomic E-state index is -0.352. The number of unbranched alkanes of at least 4 members (excludes halogenated alkanes) is 3. The number of halogens is 1. The summed E-state index contributed by atoms with van der Waals surface area (Å²) in [7, 11) is 0. The molecule has 0 spiro atoms. The number of aliphatic hydroxyl groups excluding tert-OH is 1. The summed E-state index contributed by atoms with van der Waals surface area (Å²) in [5.41, 5.74) is 1.05. The first-order valence-electron chi connectivity index (χ1n) is 7.09. The van der Waals surface area contributed by atoms with E-state index >= 15 is 0 Å². The molecule has 0 saturated carbocycles. The van der Waals surface area contributed by atoms with Crippen molar-refractivity contribution in [3.63, 3.8) is 0 Å². The van der Waals surface area contributed by atoms with Crippen LogP contribution in [0.1, 0.15) is 50.7 Å². The molecule has 0 aliphatic rings. The highest BCUT2D eigenvalue weighted by molar-refractivity contribution is 9.10. The monoisotopic (exact) mass is 320 g/mol. The van der Waals surface area contributed by atoms with E-state index < -0.39 is 0 Å². The van der Waals surface area contributed by atoms with E-state index in [4.69, 9.17) is 0 Å². The molecule has 0 radical (unpaired) electrons. The minimum Gasteiger partial charge on any atom is -0.388 e. The van der Waals surface area contributed by atoms with Crippen molar-refractivity contribution in [2.75, 3.05) is 0 Å². The van der Waals surface area contributed by atoms with Gasteiger partial charge in [0.2, 0.25) is 0 Å². The Hall–Kier alpha value is -0.860. The average Bonchev–Trinajstić information content (AvgIpc) is 2.44. The van der Waals surface area contributed by atoms with Crippen LogP contribution < -0.4 is 0 Å². The molecule has 102 valence electrons. The Labute approximate surface area is 123 Å². The van der Waals surface area contributed by atoms with Gasteiger partial charge in [0.05, 0.1) is 6.10 Å². The van der Waals surface area contributed by atoms with E-state index in [0.29, 0.717) is 0 Å². The molecule has 2 heteroatoms. The van der Waals surface area contributed by atoms with Crippen LogP contribution in [0.15, 0.2) is 40.9 Å². The van der Waals surface area contributed by atoms with E-state index in [-0.39, 0.29) is 6.10 Å². The lowest BCUT2D eigenvalue weighted by Crippen LogP contribution is -1.98. The van der Waals surface area contributed by atoms with Crippen molar-refractivity contribution in [3.05, 3.63) is 46.4 Å². The zero-order chi connectivity index (χ0) is 13.7. The Morgan fingerprint density at radius 3 is 2.47 bits per heavy atom. The fraction of sp³-hybridized carbons (Fsp3) is 0.412. The van der Waals surface area contributed by atoms with E-state index in [1.54, 1.807) is 0 Å². The van der Waals surface area contributed by atoms with Crippen LogP contribution in [0.5, 0.6) is 0 Å². The summed E-state index contributed by atoms with van der Waals surface area (Å²) in [4.78, 5) is 0. The fourth-order valence-electron chi connectivity index (χ4n) is 2.50. The van der Waals surface area contributed by atoms with Crippen LogP contribution in [-0.4, -0.2) is 5.11 Å². The van der Waals surface area contributed by atoms with Crippen molar-refractivity contribution >= 4 is 26.7 Å². The quantitative estimate of drug-likeness (QED) is 0.686. The first kappa shape index (κ1) is 14.5. The van der Waals surface area contributed by atoms with Crippen LogP contribution in [-0.2, 0) is 0 Å². The van der Waals surface area contributed by atoms with Gasteiger partial charge in [0.1, 0.15) is 0 Å². The molecule has 1 unspecified atom stereocenters. The summed E-state index contributed by atoms with van der Waals surface area (Å²) >= 11 is 3.57. The second-order valence-corrected chi connectivity index (χ2v) is 5.90. The summed E-state index contributed by atoms with van der Waals surface area (Å²) in [6.07, 6.45) is 5.30. The molecule has 2 aromatic carbocycles. The van der Waals surface area contributed by atoms with Crippen molar-refractivity contribution in [2.45, 2.75) is 45.1 Å². The molecule has 2 rings (SSSR count). The zero-order valence-corrected chi connectivity index (χ0v) is 13.0. The average molecular weight is 321 g/mol. The lowest BCUT2D eigenvalue weighted by Gasteiger charge is -2.14. The SMILES string of the molecule is CCCCCCC(O)c1ccc(Br)c2ccccc12. The summed E-state index contributed by atoms with van der Waals surface area (Å²) in [6, 6.07) is 12.3. The highest BCUT2D eigenvalue weighted by Gasteiger charge is 2.12. The molecule has 1 atom stereocenters. The molecular weight excluding hydrogens is 300 g/mol. The van der Waals surface area contributed by atoms with Gasteiger partial charge in [-0.3, -0.25) is 0 Å². The lowest BCUT2D eigenvalue weighted by molar-refractivity contribution is 0.165. The molecule has 1 N–H and O–H groups in total. The second-order valence-electron chi connectivity index (χ2n) is 5.05. The molecule has 0 heterocycles. The van der Waals surface area contributed by atoms with Crippen LogP contribution >= 0.6 is 15.9 Å². The molecule has 19 heavy (non-hydrogen) atoms. The van der Waals surface area contributed by atoms with Crippen LogP contribution in [0, 0.1) is 0 Å². The van der Waals surface area contributed by atoms with Crippen molar-refractivity contribution in [3.8, 4) is 0 Å². The molecule has 0 aliphatic carbocycles. The van der Waals surface area contributed by atoms with E-state index in [9.17, 15) is 5.11 Å². The molecule has 1 nitrogen and oxygen atoms in total. The van der Waals surface area contributed by atoms with Gasteiger partial charge in [0.15, 0.2) is 0 Å². The minimum absolute atomic E-state index is 0.352. The van der Waals surface area contributed by atoms with Crippen LogP contribution in [0.2, 0.25) is 0 Å². The van der Waals surface area contributed by atoms with Gasteiger partial charge < -0.3 is 5.11 Å². The van der Waals surface area contributed by atoms with Crippen molar-refractivity contribution in [2.24, 2.45) is 0 Å². The van der Waals surface area contributed by atoms with Crippen LogP contribution in [0.3, 0.4) is 0 Å². The van der Waals surface area contributed by atoms with E-state index in [1.807, 2.05) is 24.3 Å². The van der Waals surface area contributed by atoms with Gasteiger partial charge in [-0.25, -0.2) is 0 Å². The first-order valence-corrected chi connectivity index (χ1v) is 7.88. The highest BCUT2D eigenvalue weighted by atomic mass is 79.9. The Bertz CT molecular complexity index is 536. The Morgan fingerprint density at radius 2 is 1.74 bits per heavy atom. The van der Waals surface area contributed by atoms with Gasteiger partial charge in [0.25, 0.3) is 0 Å². The molecule has 0 aliphatic heterocycles. The topological polar surface area (TPSA) is 20.2 Å². The Morgan fingerprint density at radius 1 is 1.00 bits per heavy atom. The summed E-state index contributed by atoms with van der Waals surface area (Å²) in [5.74, 6) is 0. The molecule has 0 bridgehead atoms. The van der Waals surface area contributed by atoms with Crippen molar-refractivity contribution < 1.29 is 5.11 Å². The van der Waals surface area contributed by atoms with E-state index in [2.05, 4.69) is 35.0 Å². The molecule has 0 amide bonds.